The lowest BCUT2D eigenvalue weighted by atomic mass is 9.96. The predicted molar refractivity (Wildman–Crippen MR) is 79.3 cm³/mol. The zero-order chi connectivity index (χ0) is 14.9. The molecule has 0 aliphatic carbocycles. The summed E-state index contributed by atoms with van der Waals surface area (Å²) in [6.45, 7) is 13.0. The van der Waals surface area contributed by atoms with Crippen molar-refractivity contribution in [2.45, 2.75) is 47.0 Å². The van der Waals surface area contributed by atoms with Crippen LogP contribution in [0.2, 0.25) is 0 Å². The average molecular weight is 274 g/mol. The van der Waals surface area contributed by atoms with Crippen LogP contribution in [0.1, 0.15) is 45.2 Å². The van der Waals surface area contributed by atoms with Crippen molar-refractivity contribution in [2.75, 3.05) is 11.9 Å². The summed E-state index contributed by atoms with van der Waals surface area (Å²) < 4.78 is 1.76. The first-order valence-electron chi connectivity index (χ1n) is 6.85. The van der Waals surface area contributed by atoms with Gasteiger partial charge in [-0.3, -0.25) is 0 Å². The zero-order valence-electron chi connectivity index (χ0n) is 13.0. The summed E-state index contributed by atoms with van der Waals surface area (Å²) in [7, 11) is 0. The van der Waals surface area contributed by atoms with Gasteiger partial charge in [-0.2, -0.15) is 4.68 Å². The van der Waals surface area contributed by atoms with E-state index in [1.165, 1.54) is 0 Å². The van der Waals surface area contributed by atoms with E-state index < -0.39 is 0 Å². The Bertz CT molecular complexity index is 609. The highest BCUT2D eigenvalue weighted by atomic mass is 15.4. The SMILES string of the molecule is CCNc1cc(-n2nc(C)nc2C)nc(C(C)(C)C)n1. The van der Waals surface area contributed by atoms with E-state index in [1.54, 1.807) is 4.68 Å². The number of aryl methyl sites for hydroxylation is 2. The average Bonchev–Trinajstić information content (AvgIpc) is 2.67. The highest BCUT2D eigenvalue weighted by molar-refractivity contribution is 5.42. The number of rotatable bonds is 3. The van der Waals surface area contributed by atoms with Gasteiger partial charge in [0.25, 0.3) is 0 Å². The minimum atomic E-state index is -0.121. The molecule has 0 aliphatic heterocycles. The Morgan fingerprint density at radius 3 is 2.35 bits per heavy atom. The van der Waals surface area contributed by atoms with Gasteiger partial charge in [0.1, 0.15) is 23.3 Å². The number of nitrogens with zero attached hydrogens (tertiary/aromatic N) is 5. The molecule has 2 rings (SSSR count). The third-order valence-electron chi connectivity index (χ3n) is 2.83. The molecule has 2 aromatic heterocycles. The van der Waals surface area contributed by atoms with Gasteiger partial charge in [0.05, 0.1) is 0 Å². The van der Waals surface area contributed by atoms with E-state index >= 15 is 0 Å². The van der Waals surface area contributed by atoms with Gasteiger partial charge in [0.15, 0.2) is 5.82 Å². The van der Waals surface area contributed by atoms with Gasteiger partial charge in [-0.15, -0.1) is 5.10 Å². The Kier molecular flexibility index (Phi) is 3.74. The molecular formula is C14H22N6. The van der Waals surface area contributed by atoms with Crippen LogP contribution in [-0.4, -0.2) is 31.3 Å². The van der Waals surface area contributed by atoms with Crippen LogP contribution in [0.5, 0.6) is 0 Å². The molecule has 0 spiro atoms. The van der Waals surface area contributed by atoms with Gasteiger partial charge >= 0.3 is 0 Å². The standard InChI is InChI=1S/C14H22N6/c1-7-15-11-8-12(18-13(17-11)14(4,5)6)20-10(3)16-9(2)19-20/h8H,7H2,1-6H3,(H,15,17,18). The maximum atomic E-state index is 4.64. The van der Waals surface area contributed by atoms with Crippen molar-refractivity contribution >= 4 is 5.82 Å². The van der Waals surface area contributed by atoms with Crippen molar-refractivity contribution in [1.29, 1.82) is 0 Å². The normalized spacial score (nSPS) is 11.7. The van der Waals surface area contributed by atoms with Crippen LogP contribution in [0.4, 0.5) is 5.82 Å². The lowest BCUT2D eigenvalue weighted by molar-refractivity contribution is 0.542. The first kappa shape index (κ1) is 14.4. The maximum Gasteiger partial charge on any atom is 0.161 e. The molecule has 0 aromatic carbocycles. The van der Waals surface area contributed by atoms with Crippen molar-refractivity contribution in [2.24, 2.45) is 0 Å². The molecule has 2 heterocycles. The maximum absolute atomic E-state index is 4.64. The molecule has 2 aromatic rings. The van der Waals surface area contributed by atoms with Gasteiger partial charge in [-0.1, -0.05) is 20.8 Å². The number of nitrogens with one attached hydrogen (secondary N) is 1. The molecule has 0 saturated heterocycles. The predicted octanol–water partition coefficient (Wildman–Crippen LogP) is 2.40. The van der Waals surface area contributed by atoms with Crippen molar-refractivity contribution in [1.82, 2.24) is 24.7 Å². The molecule has 6 nitrogen and oxygen atoms in total. The van der Waals surface area contributed by atoms with Crippen LogP contribution in [-0.2, 0) is 5.41 Å². The van der Waals surface area contributed by atoms with E-state index in [-0.39, 0.29) is 5.41 Å². The monoisotopic (exact) mass is 274 g/mol. The second-order valence-electron chi connectivity index (χ2n) is 5.83. The summed E-state index contributed by atoms with van der Waals surface area (Å²) in [6, 6.07) is 1.90. The van der Waals surface area contributed by atoms with E-state index in [0.717, 1.165) is 35.7 Å². The molecule has 6 heteroatoms. The van der Waals surface area contributed by atoms with Crippen LogP contribution in [0.25, 0.3) is 5.82 Å². The van der Waals surface area contributed by atoms with E-state index in [9.17, 15) is 0 Å². The third-order valence-corrected chi connectivity index (χ3v) is 2.83. The van der Waals surface area contributed by atoms with Crippen molar-refractivity contribution in [3.63, 3.8) is 0 Å². The van der Waals surface area contributed by atoms with Crippen LogP contribution in [0.15, 0.2) is 6.07 Å². The number of hydrogen-bond acceptors (Lipinski definition) is 5. The van der Waals surface area contributed by atoms with Gasteiger partial charge in [-0.25, -0.2) is 15.0 Å². The summed E-state index contributed by atoms with van der Waals surface area (Å²) >= 11 is 0. The van der Waals surface area contributed by atoms with E-state index in [2.05, 4.69) is 46.1 Å². The smallest absolute Gasteiger partial charge is 0.161 e. The quantitative estimate of drug-likeness (QED) is 0.930. The van der Waals surface area contributed by atoms with E-state index in [4.69, 9.17) is 0 Å². The topological polar surface area (TPSA) is 68.5 Å². The fourth-order valence-electron chi connectivity index (χ4n) is 1.89. The van der Waals surface area contributed by atoms with Crippen LogP contribution in [0.3, 0.4) is 0 Å². The summed E-state index contributed by atoms with van der Waals surface area (Å²) in [4.78, 5) is 13.5. The van der Waals surface area contributed by atoms with Gasteiger partial charge in [-0.05, 0) is 20.8 Å². The minimum Gasteiger partial charge on any atom is -0.370 e. The molecule has 0 saturated carbocycles. The largest absolute Gasteiger partial charge is 0.370 e. The second kappa shape index (κ2) is 5.19. The highest BCUT2D eigenvalue weighted by Gasteiger charge is 2.20. The minimum absolute atomic E-state index is 0.121. The Hall–Kier alpha value is -1.98. The van der Waals surface area contributed by atoms with Gasteiger partial charge in [0.2, 0.25) is 0 Å². The van der Waals surface area contributed by atoms with Crippen LogP contribution in [0, 0.1) is 13.8 Å². The molecule has 20 heavy (non-hydrogen) atoms. The van der Waals surface area contributed by atoms with Crippen molar-refractivity contribution in [3.05, 3.63) is 23.5 Å². The Balaban J connectivity index is 2.57. The lowest BCUT2D eigenvalue weighted by Crippen LogP contribution is -2.19. The molecular weight excluding hydrogens is 252 g/mol. The first-order chi connectivity index (χ1) is 9.31. The Morgan fingerprint density at radius 2 is 1.85 bits per heavy atom. The molecule has 1 N–H and O–H groups in total. The van der Waals surface area contributed by atoms with Gasteiger partial charge < -0.3 is 5.32 Å². The Labute approximate surface area is 119 Å². The van der Waals surface area contributed by atoms with Crippen molar-refractivity contribution < 1.29 is 0 Å². The molecule has 0 amide bonds. The third kappa shape index (κ3) is 2.95. The van der Waals surface area contributed by atoms with Crippen LogP contribution >= 0.6 is 0 Å². The van der Waals surface area contributed by atoms with E-state index in [1.807, 2.05) is 26.8 Å². The molecule has 0 aliphatic rings. The summed E-state index contributed by atoms with van der Waals surface area (Å²) in [5, 5.41) is 7.64. The number of hydrogen-bond donors (Lipinski definition) is 1. The fraction of sp³-hybridized carbons (Fsp3) is 0.571. The number of aromatic nitrogens is 5. The van der Waals surface area contributed by atoms with Crippen molar-refractivity contribution in [3.8, 4) is 5.82 Å². The fourth-order valence-corrected chi connectivity index (χ4v) is 1.89. The molecule has 0 atom stereocenters. The molecule has 0 fully saturated rings. The van der Waals surface area contributed by atoms with Crippen LogP contribution < -0.4 is 5.32 Å². The molecule has 0 radical (unpaired) electrons. The van der Waals surface area contributed by atoms with E-state index in [0.29, 0.717) is 0 Å². The summed E-state index contributed by atoms with van der Waals surface area (Å²) in [6.07, 6.45) is 0. The molecule has 0 unspecified atom stereocenters. The zero-order valence-corrected chi connectivity index (χ0v) is 13.0. The molecule has 0 bridgehead atoms. The Morgan fingerprint density at radius 1 is 1.15 bits per heavy atom. The lowest BCUT2D eigenvalue weighted by Gasteiger charge is -2.18. The first-order valence-corrected chi connectivity index (χ1v) is 6.85. The number of anilines is 1. The highest BCUT2D eigenvalue weighted by Crippen LogP contribution is 2.22. The molecule has 108 valence electrons. The second-order valence-corrected chi connectivity index (χ2v) is 5.83. The summed E-state index contributed by atoms with van der Waals surface area (Å²) in [5.41, 5.74) is -0.121. The van der Waals surface area contributed by atoms with Gasteiger partial charge in [0, 0.05) is 18.0 Å². The summed E-state index contributed by atoms with van der Waals surface area (Å²) in [5.74, 6) is 3.92.